The molecular weight excluding hydrogens is 436 g/mol. The highest BCUT2D eigenvalue weighted by atomic mass is 35.5. The molecule has 2 aliphatic rings. The summed E-state index contributed by atoms with van der Waals surface area (Å²) < 4.78 is 5.63. The molecule has 3 N–H and O–H groups in total. The molecule has 0 bridgehead atoms. The van der Waals surface area contributed by atoms with Crippen molar-refractivity contribution < 1.29 is 23.9 Å². The fourth-order valence-electron chi connectivity index (χ4n) is 4.05. The summed E-state index contributed by atoms with van der Waals surface area (Å²) in [6, 6.07) is 4.94. The molecule has 174 valence electrons. The zero-order valence-corrected chi connectivity index (χ0v) is 18.9. The van der Waals surface area contributed by atoms with Crippen LogP contribution in [0.1, 0.15) is 56.9 Å². The van der Waals surface area contributed by atoms with E-state index in [1.165, 1.54) is 4.90 Å². The van der Waals surface area contributed by atoms with Crippen LogP contribution in [0.15, 0.2) is 18.2 Å². The molecule has 0 aromatic heterocycles. The van der Waals surface area contributed by atoms with Crippen molar-refractivity contribution in [3.63, 3.8) is 0 Å². The largest absolute Gasteiger partial charge is 0.493 e. The number of urea groups is 1. The molecular formula is C22H29ClN4O5. The number of aryl methyl sites for hydroxylation is 1. The molecule has 1 aliphatic heterocycles. The number of halogens is 1. The van der Waals surface area contributed by atoms with Gasteiger partial charge in [-0.05, 0) is 56.4 Å². The average Bonchev–Trinajstić information content (AvgIpc) is 3.31. The SMILES string of the molecule is Cc1cc(Cl)ccc1OCCCC(=O)NNC(=O)CCCN1C(=O)NC2(CCCC2)C1=O. The first-order valence-electron chi connectivity index (χ1n) is 10.9. The highest BCUT2D eigenvalue weighted by Crippen LogP contribution is 2.35. The number of nitrogens with zero attached hydrogens (tertiary/aromatic N) is 1. The van der Waals surface area contributed by atoms with Crippen LogP contribution < -0.4 is 20.9 Å². The lowest BCUT2D eigenvalue weighted by molar-refractivity contribution is -0.131. The molecule has 3 rings (SSSR count). The van der Waals surface area contributed by atoms with Gasteiger partial charge in [-0.15, -0.1) is 0 Å². The van der Waals surface area contributed by atoms with Crippen LogP contribution in [0.2, 0.25) is 5.02 Å². The Labute approximate surface area is 192 Å². The number of amides is 5. The molecule has 32 heavy (non-hydrogen) atoms. The fraction of sp³-hybridized carbons (Fsp3) is 0.545. The van der Waals surface area contributed by atoms with Crippen molar-refractivity contribution in [3.8, 4) is 5.75 Å². The molecule has 0 radical (unpaired) electrons. The minimum Gasteiger partial charge on any atom is -0.493 e. The zero-order chi connectivity index (χ0) is 23.1. The van der Waals surface area contributed by atoms with Gasteiger partial charge in [-0.1, -0.05) is 24.4 Å². The number of carbonyl (C=O) groups excluding carboxylic acids is 4. The lowest BCUT2D eigenvalue weighted by Crippen LogP contribution is -2.44. The minimum absolute atomic E-state index is 0.0866. The summed E-state index contributed by atoms with van der Waals surface area (Å²) in [5.74, 6) is -0.182. The molecule has 1 aromatic rings. The van der Waals surface area contributed by atoms with Gasteiger partial charge in [0.05, 0.1) is 6.61 Å². The Balaban J connectivity index is 1.27. The van der Waals surface area contributed by atoms with E-state index in [1.807, 2.05) is 6.92 Å². The second kappa shape index (κ2) is 10.7. The Morgan fingerprint density at radius 1 is 1.12 bits per heavy atom. The van der Waals surface area contributed by atoms with Gasteiger partial charge in [-0.2, -0.15) is 0 Å². The molecule has 1 aliphatic carbocycles. The first-order chi connectivity index (χ1) is 15.3. The second-order valence-corrected chi connectivity index (χ2v) is 8.67. The van der Waals surface area contributed by atoms with Crippen molar-refractivity contribution in [1.82, 2.24) is 21.1 Å². The van der Waals surface area contributed by atoms with Crippen LogP contribution in [0.3, 0.4) is 0 Å². The van der Waals surface area contributed by atoms with E-state index < -0.39 is 5.54 Å². The molecule has 1 spiro atoms. The molecule has 1 saturated carbocycles. The Kier molecular flexibility index (Phi) is 7.95. The quantitative estimate of drug-likeness (QED) is 0.295. The van der Waals surface area contributed by atoms with E-state index in [-0.39, 0.29) is 43.1 Å². The van der Waals surface area contributed by atoms with Gasteiger partial charge in [-0.3, -0.25) is 30.1 Å². The van der Waals surface area contributed by atoms with Gasteiger partial charge < -0.3 is 10.1 Å². The van der Waals surface area contributed by atoms with E-state index in [0.717, 1.165) is 18.4 Å². The number of hydrogen-bond donors (Lipinski definition) is 3. The topological polar surface area (TPSA) is 117 Å². The second-order valence-electron chi connectivity index (χ2n) is 8.24. The van der Waals surface area contributed by atoms with Crippen LogP contribution in [0, 0.1) is 6.92 Å². The van der Waals surface area contributed by atoms with Crippen molar-refractivity contribution in [2.45, 2.75) is 63.8 Å². The standard InChI is InChI=1S/C22H29ClN4O5/c1-15-14-16(23)8-9-17(15)32-13-5-7-19(29)26-25-18(28)6-4-12-27-20(30)22(24-21(27)31)10-2-3-11-22/h8-9,14H,2-7,10-13H2,1H3,(H,24,31)(H,25,28)(H,26,29). The fourth-order valence-corrected chi connectivity index (χ4v) is 4.28. The maximum absolute atomic E-state index is 12.5. The smallest absolute Gasteiger partial charge is 0.325 e. The normalized spacial score (nSPS) is 16.9. The van der Waals surface area contributed by atoms with Crippen LogP contribution in [0.25, 0.3) is 0 Å². The number of imide groups is 1. The molecule has 5 amide bonds. The third kappa shape index (κ3) is 5.91. The van der Waals surface area contributed by atoms with Gasteiger partial charge in [0.2, 0.25) is 11.8 Å². The molecule has 1 aromatic carbocycles. The van der Waals surface area contributed by atoms with Crippen molar-refractivity contribution in [2.24, 2.45) is 0 Å². The van der Waals surface area contributed by atoms with E-state index in [0.29, 0.717) is 43.1 Å². The number of carbonyl (C=O) groups is 4. The highest BCUT2D eigenvalue weighted by Gasteiger charge is 2.52. The number of hydrogen-bond acceptors (Lipinski definition) is 5. The lowest BCUT2D eigenvalue weighted by Gasteiger charge is -2.19. The summed E-state index contributed by atoms with van der Waals surface area (Å²) in [5.41, 5.74) is 4.90. The maximum Gasteiger partial charge on any atom is 0.325 e. The predicted octanol–water partition coefficient (Wildman–Crippen LogP) is 2.60. The third-order valence-corrected chi connectivity index (χ3v) is 6.01. The third-order valence-electron chi connectivity index (χ3n) is 5.77. The van der Waals surface area contributed by atoms with Crippen molar-refractivity contribution in [1.29, 1.82) is 0 Å². The highest BCUT2D eigenvalue weighted by molar-refractivity contribution is 6.30. The maximum atomic E-state index is 12.5. The van der Waals surface area contributed by atoms with Crippen LogP contribution in [0.5, 0.6) is 5.75 Å². The van der Waals surface area contributed by atoms with E-state index in [9.17, 15) is 19.2 Å². The minimum atomic E-state index is -0.733. The van der Waals surface area contributed by atoms with Gasteiger partial charge in [-0.25, -0.2) is 4.79 Å². The van der Waals surface area contributed by atoms with Gasteiger partial charge >= 0.3 is 6.03 Å². The Hall–Kier alpha value is -2.81. The molecule has 1 saturated heterocycles. The number of rotatable bonds is 9. The van der Waals surface area contributed by atoms with Crippen molar-refractivity contribution in [3.05, 3.63) is 28.8 Å². The first kappa shape index (κ1) is 23.8. The Morgan fingerprint density at radius 2 is 1.78 bits per heavy atom. The van der Waals surface area contributed by atoms with E-state index in [2.05, 4.69) is 16.2 Å². The first-order valence-corrected chi connectivity index (χ1v) is 11.3. The Morgan fingerprint density at radius 3 is 2.44 bits per heavy atom. The Bertz CT molecular complexity index is 885. The van der Waals surface area contributed by atoms with Gasteiger partial charge in [0.1, 0.15) is 11.3 Å². The molecule has 0 unspecified atom stereocenters. The lowest BCUT2D eigenvalue weighted by atomic mass is 9.98. The van der Waals surface area contributed by atoms with Crippen molar-refractivity contribution >= 4 is 35.4 Å². The number of nitrogens with one attached hydrogen (secondary N) is 3. The van der Waals surface area contributed by atoms with Crippen LogP contribution >= 0.6 is 11.6 Å². The summed E-state index contributed by atoms with van der Waals surface area (Å²) in [4.78, 5) is 49.7. The van der Waals surface area contributed by atoms with E-state index in [4.69, 9.17) is 16.3 Å². The number of benzene rings is 1. The van der Waals surface area contributed by atoms with E-state index in [1.54, 1.807) is 18.2 Å². The molecule has 2 fully saturated rings. The summed E-state index contributed by atoms with van der Waals surface area (Å²) in [6.45, 7) is 2.43. The summed E-state index contributed by atoms with van der Waals surface area (Å²) in [6.07, 6.45) is 4.28. The number of hydrazine groups is 1. The zero-order valence-electron chi connectivity index (χ0n) is 18.2. The van der Waals surface area contributed by atoms with Crippen LogP contribution in [-0.4, -0.2) is 47.3 Å². The van der Waals surface area contributed by atoms with Crippen molar-refractivity contribution in [2.75, 3.05) is 13.2 Å². The van der Waals surface area contributed by atoms with Gasteiger partial charge in [0.15, 0.2) is 0 Å². The molecule has 9 nitrogen and oxygen atoms in total. The predicted molar refractivity (Wildman–Crippen MR) is 118 cm³/mol. The summed E-state index contributed by atoms with van der Waals surface area (Å²) >= 11 is 5.91. The van der Waals surface area contributed by atoms with Gasteiger partial charge in [0, 0.05) is 24.4 Å². The molecule has 1 heterocycles. The summed E-state index contributed by atoms with van der Waals surface area (Å²) in [7, 11) is 0. The monoisotopic (exact) mass is 464 g/mol. The number of ether oxygens (including phenoxy) is 1. The van der Waals surface area contributed by atoms with Crippen LogP contribution in [0.4, 0.5) is 4.79 Å². The average molecular weight is 465 g/mol. The van der Waals surface area contributed by atoms with Crippen LogP contribution in [-0.2, 0) is 14.4 Å². The molecule has 10 heteroatoms. The van der Waals surface area contributed by atoms with E-state index >= 15 is 0 Å². The molecule has 0 atom stereocenters. The van der Waals surface area contributed by atoms with Gasteiger partial charge in [0.25, 0.3) is 5.91 Å². The summed E-state index contributed by atoms with van der Waals surface area (Å²) in [5, 5.41) is 3.45.